The van der Waals surface area contributed by atoms with Gasteiger partial charge in [0, 0.05) is 24.6 Å². The first-order chi connectivity index (χ1) is 26.5. The summed E-state index contributed by atoms with van der Waals surface area (Å²) in [7, 11) is -5.10. The molecule has 4 aromatic rings. The van der Waals surface area contributed by atoms with Gasteiger partial charge in [-0.2, -0.15) is 0 Å². The summed E-state index contributed by atoms with van der Waals surface area (Å²) in [6, 6.07) is 5.05. The molecule has 2 aromatic carbocycles. The van der Waals surface area contributed by atoms with E-state index in [0.717, 1.165) is 6.42 Å². The first-order valence-electron chi connectivity index (χ1n) is 19.3. The largest absolute Gasteiger partial charge is 0.468 e. The Hall–Kier alpha value is -4.00. The molecular weight excluding hydrogens is 765 g/mol. The second-order valence-electron chi connectivity index (χ2n) is 16.2. The predicted octanol–water partition coefficient (Wildman–Crippen LogP) is 9.10. The number of halogens is 4. The number of hydrogen-bond donors (Lipinski definition) is 0. The van der Waals surface area contributed by atoms with Crippen molar-refractivity contribution in [1.29, 1.82) is 0 Å². The van der Waals surface area contributed by atoms with Crippen molar-refractivity contribution < 1.29 is 40.2 Å². The molecule has 2 bridgehead atoms. The standard InChI is InChI=1S/C41H48F4N4O5SSi/c1-9-55(50,51)41-47-35-32-39(48-41)49-19-24-10-11-26(16-24)36(49)37(38(44)45)54-40(32)46-34(33(35)43)29-18-27(53-20-52-8)17-25-12-13-30(42)28(31(25)29)14-15-56(21(2)3,22(4)5)23(6)7/h12-13,17-18,21-24,26,36-38H,9-11,16,19-20H2,1-8H3/t24-,26+,36-,37-/m0/s1. The van der Waals surface area contributed by atoms with Crippen molar-refractivity contribution in [3.05, 3.63) is 41.5 Å². The zero-order valence-electron chi connectivity index (χ0n) is 32.9. The lowest BCUT2D eigenvalue weighted by atomic mass is 9.87. The Labute approximate surface area is 326 Å². The molecule has 4 heterocycles. The minimum Gasteiger partial charge on any atom is -0.468 e. The topological polar surface area (TPSA) is 104 Å². The van der Waals surface area contributed by atoms with E-state index in [1.54, 1.807) is 11.0 Å². The van der Waals surface area contributed by atoms with Crippen molar-refractivity contribution >= 4 is 45.4 Å². The van der Waals surface area contributed by atoms with Crippen molar-refractivity contribution in [1.82, 2.24) is 15.0 Å². The smallest absolute Gasteiger partial charge is 0.276 e. The molecule has 1 saturated heterocycles. The monoisotopic (exact) mass is 812 g/mol. The van der Waals surface area contributed by atoms with Gasteiger partial charge in [0.1, 0.15) is 42.1 Å². The molecule has 9 nitrogen and oxygen atoms in total. The van der Waals surface area contributed by atoms with E-state index in [2.05, 4.69) is 68.0 Å². The van der Waals surface area contributed by atoms with Gasteiger partial charge in [0.15, 0.2) is 18.7 Å². The molecule has 0 unspecified atom stereocenters. The first-order valence-corrected chi connectivity index (χ1v) is 23.2. The Kier molecular flexibility index (Phi) is 10.8. The fourth-order valence-corrected chi connectivity index (χ4v) is 15.6. The van der Waals surface area contributed by atoms with Gasteiger partial charge < -0.3 is 19.1 Å². The van der Waals surface area contributed by atoms with Crippen LogP contribution in [0.2, 0.25) is 16.6 Å². The van der Waals surface area contributed by atoms with Gasteiger partial charge in [0.2, 0.25) is 20.9 Å². The highest BCUT2D eigenvalue weighted by Gasteiger charge is 2.51. The van der Waals surface area contributed by atoms with E-state index in [-0.39, 0.29) is 80.4 Å². The third-order valence-electron chi connectivity index (χ3n) is 12.3. The highest BCUT2D eigenvalue weighted by molar-refractivity contribution is 7.91. The summed E-state index contributed by atoms with van der Waals surface area (Å²) in [6.07, 6.45) is -2.47. The molecule has 0 amide bonds. The second-order valence-corrected chi connectivity index (χ2v) is 24.0. The first kappa shape index (κ1) is 40.2. The van der Waals surface area contributed by atoms with E-state index >= 15 is 17.6 Å². The minimum absolute atomic E-state index is 0.00304. The summed E-state index contributed by atoms with van der Waals surface area (Å²) in [5.41, 5.74) is 3.42. The van der Waals surface area contributed by atoms with Crippen LogP contribution < -0.4 is 14.4 Å². The minimum atomic E-state index is -4.13. The number of rotatable bonds is 10. The third-order valence-corrected chi connectivity index (χ3v) is 20.1. The van der Waals surface area contributed by atoms with Gasteiger partial charge in [-0.3, -0.25) is 0 Å². The molecule has 2 fully saturated rings. The zero-order chi connectivity index (χ0) is 40.4. The van der Waals surface area contributed by atoms with E-state index in [1.807, 2.05) is 0 Å². The number of pyridine rings is 1. The molecule has 0 spiro atoms. The van der Waals surface area contributed by atoms with Crippen LogP contribution in [0.3, 0.4) is 0 Å². The van der Waals surface area contributed by atoms with Crippen LogP contribution in [0.1, 0.15) is 73.3 Å². The SMILES string of the molecule is CCS(=O)(=O)c1nc2c3c(nc(-c4cc(OCOC)cc5ccc(F)c(C#C[Si](C(C)C)(C(C)C)C(C)C)c45)c(F)c3n1)O[C@H](C(F)F)[C@@H]1[C@@H]3CC[C@@H](C3)CN21. The van der Waals surface area contributed by atoms with Crippen LogP contribution >= 0.6 is 0 Å². The number of sulfone groups is 1. The number of nitrogens with zero attached hydrogens (tertiary/aromatic N) is 4. The Morgan fingerprint density at radius 1 is 1.00 bits per heavy atom. The lowest BCUT2D eigenvalue weighted by Gasteiger charge is -2.42. The summed E-state index contributed by atoms with van der Waals surface area (Å²) in [6.45, 7) is 14.4. The zero-order valence-corrected chi connectivity index (χ0v) is 34.7. The molecule has 3 aliphatic rings. The molecule has 15 heteroatoms. The maximum absolute atomic E-state index is 17.6. The number of methoxy groups -OCH3 is 1. The van der Waals surface area contributed by atoms with Gasteiger partial charge in [-0.25, -0.2) is 40.9 Å². The van der Waals surface area contributed by atoms with Crippen LogP contribution in [0.5, 0.6) is 11.6 Å². The average Bonchev–Trinajstić information content (AvgIpc) is 3.47. The van der Waals surface area contributed by atoms with E-state index in [1.165, 1.54) is 32.2 Å². The van der Waals surface area contributed by atoms with Crippen LogP contribution in [0.15, 0.2) is 29.4 Å². The Balaban J connectivity index is 1.59. The third kappa shape index (κ3) is 6.59. The number of hydrogen-bond acceptors (Lipinski definition) is 9. The summed E-state index contributed by atoms with van der Waals surface area (Å²) >= 11 is 0. The summed E-state index contributed by atoms with van der Waals surface area (Å²) < 4.78 is 108. The highest BCUT2D eigenvalue weighted by Crippen LogP contribution is 2.50. The molecule has 0 N–H and O–H groups in total. The fourth-order valence-electron chi connectivity index (χ4n) is 9.70. The van der Waals surface area contributed by atoms with Crippen molar-refractivity contribution in [2.24, 2.45) is 11.8 Å². The molecule has 56 heavy (non-hydrogen) atoms. The molecule has 4 atom stereocenters. The molecular formula is C41H48F4N4O5SSi. The quantitative estimate of drug-likeness (QED) is 0.0510. The molecule has 300 valence electrons. The molecule has 0 radical (unpaired) electrons. The van der Waals surface area contributed by atoms with Gasteiger partial charge in [0.05, 0.1) is 17.4 Å². The number of benzene rings is 2. The van der Waals surface area contributed by atoms with E-state index < -0.39 is 64.5 Å². The number of fused-ring (bicyclic) bond motifs is 6. The number of ether oxygens (including phenoxy) is 3. The molecule has 1 saturated carbocycles. The van der Waals surface area contributed by atoms with Crippen molar-refractivity contribution in [3.63, 3.8) is 0 Å². The summed E-state index contributed by atoms with van der Waals surface area (Å²) in [4.78, 5) is 15.0. The van der Waals surface area contributed by atoms with Gasteiger partial charge in [-0.15, -0.1) is 5.54 Å². The van der Waals surface area contributed by atoms with Crippen molar-refractivity contribution in [2.75, 3.05) is 31.1 Å². The maximum atomic E-state index is 17.6. The van der Waals surface area contributed by atoms with Crippen LogP contribution in [0, 0.1) is 34.9 Å². The number of aromatic nitrogens is 3. The average molecular weight is 813 g/mol. The maximum Gasteiger partial charge on any atom is 0.276 e. The van der Waals surface area contributed by atoms with Gasteiger partial charge in [-0.05, 0) is 71.3 Å². The number of anilines is 1. The fraction of sp³-hybridized carbons (Fsp3) is 0.537. The molecule has 2 aliphatic heterocycles. The highest BCUT2D eigenvalue weighted by atomic mass is 32.2. The van der Waals surface area contributed by atoms with Gasteiger partial charge >= 0.3 is 0 Å². The second kappa shape index (κ2) is 15.1. The van der Waals surface area contributed by atoms with Crippen LogP contribution in [0.4, 0.5) is 23.4 Å². The summed E-state index contributed by atoms with van der Waals surface area (Å²) in [5, 5.41) is -0.0772. The number of piperidine rings is 1. The van der Waals surface area contributed by atoms with Crippen LogP contribution in [-0.4, -0.2) is 76.2 Å². The van der Waals surface area contributed by atoms with E-state index in [0.29, 0.717) is 24.8 Å². The number of alkyl halides is 2. The van der Waals surface area contributed by atoms with Crippen molar-refractivity contribution in [3.8, 4) is 34.4 Å². The Bertz CT molecular complexity index is 2350. The van der Waals surface area contributed by atoms with Gasteiger partial charge in [-0.1, -0.05) is 60.5 Å². The van der Waals surface area contributed by atoms with E-state index in [4.69, 9.17) is 14.2 Å². The Morgan fingerprint density at radius 3 is 2.36 bits per heavy atom. The van der Waals surface area contributed by atoms with Gasteiger partial charge in [0.25, 0.3) is 6.43 Å². The van der Waals surface area contributed by atoms with E-state index in [9.17, 15) is 8.42 Å². The predicted molar refractivity (Wildman–Crippen MR) is 211 cm³/mol. The molecule has 1 aliphatic carbocycles. The Morgan fingerprint density at radius 2 is 1.71 bits per heavy atom. The normalized spacial score (nSPS) is 20.8. The van der Waals surface area contributed by atoms with Crippen LogP contribution in [-0.2, 0) is 14.6 Å². The summed E-state index contributed by atoms with van der Waals surface area (Å²) in [5.74, 6) is 0.954. The van der Waals surface area contributed by atoms with Crippen molar-refractivity contribution in [2.45, 2.75) is 108 Å². The van der Waals surface area contributed by atoms with Crippen LogP contribution in [0.25, 0.3) is 32.9 Å². The lowest BCUT2D eigenvalue weighted by Crippen LogP contribution is -2.55. The molecule has 2 aromatic heterocycles. The lowest BCUT2D eigenvalue weighted by molar-refractivity contribution is -0.0183. The molecule has 7 rings (SSSR count).